The van der Waals surface area contributed by atoms with Crippen molar-refractivity contribution in [2.45, 2.75) is 31.7 Å². The highest BCUT2D eigenvalue weighted by molar-refractivity contribution is 6.07. The molecular formula is C20H20N4O8. The van der Waals surface area contributed by atoms with Gasteiger partial charge >= 0.3 is 17.4 Å². The van der Waals surface area contributed by atoms with Gasteiger partial charge in [-0.2, -0.15) is 0 Å². The molecule has 0 bridgehead atoms. The zero-order valence-electron chi connectivity index (χ0n) is 17.2. The molecule has 1 unspecified atom stereocenters. The zero-order chi connectivity index (χ0) is 23.5. The molecule has 3 amide bonds. The minimum absolute atomic E-state index is 0.134. The molecule has 32 heavy (non-hydrogen) atoms. The van der Waals surface area contributed by atoms with Crippen molar-refractivity contribution < 1.29 is 28.9 Å². The van der Waals surface area contributed by atoms with E-state index in [0.29, 0.717) is 12.2 Å². The molecule has 12 heteroatoms. The molecule has 2 N–H and O–H groups in total. The molecule has 0 radical (unpaired) electrons. The van der Waals surface area contributed by atoms with Crippen molar-refractivity contribution >= 4 is 23.3 Å². The summed E-state index contributed by atoms with van der Waals surface area (Å²) >= 11 is 0. The van der Waals surface area contributed by atoms with Crippen molar-refractivity contribution in [1.82, 2.24) is 10.6 Å². The second-order valence-electron chi connectivity index (χ2n) is 7.17. The first kappa shape index (κ1) is 22.5. The molecule has 1 fully saturated rings. The molecule has 1 saturated heterocycles. The molecule has 0 spiro atoms. The van der Waals surface area contributed by atoms with Crippen LogP contribution < -0.4 is 20.1 Å². The molecule has 3 rings (SSSR count). The Kier molecular flexibility index (Phi) is 6.23. The normalized spacial score (nSPS) is 17.4. The Morgan fingerprint density at radius 3 is 2.00 bits per heavy atom. The molecule has 168 valence electrons. The van der Waals surface area contributed by atoms with E-state index in [-0.39, 0.29) is 24.2 Å². The SMILES string of the molecule is CCCC1(Cc2cc([N+](=O)[O-])c(Oc3ccc(OC)cc3)c([N+](=O)[O-])c2)NC(=O)NC1=O. The number of ether oxygens (including phenoxy) is 2. The Balaban J connectivity index is 2.06. The first-order chi connectivity index (χ1) is 15.2. The lowest BCUT2D eigenvalue weighted by Gasteiger charge is -2.25. The highest BCUT2D eigenvalue weighted by Gasteiger charge is 2.46. The van der Waals surface area contributed by atoms with Gasteiger partial charge in [-0.25, -0.2) is 4.79 Å². The smallest absolute Gasteiger partial charge is 0.322 e. The van der Waals surface area contributed by atoms with Crippen molar-refractivity contribution in [3.63, 3.8) is 0 Å². The predicted octanol–water partition coefficient (Wildman–Crippen LogP) is 3.22. The number of carbonyl (C=O) groups is 2. The summed E-state index contributed by atoms with van der Waals surface area (Å²) in [6.45, 7) is 1.80. The lowest BCUT2D eigenvalue weighted by Crippen LogP contribution is -2.48. The summed E-state index contributed by atoms with van der Waals surface area (Å²) in [7, 11) is 1.46. The molecule has 1 aliphatic rings. The summed E-state index contributed by atoms with van der Waals surface area (Å²) in [6, 6.07) is 7.52. The molecule has 1 atom stereocenters. The maximum absolute atomic E-state index is 12.4. The van der Waals surface area contributed by atoms with E-state index in [0.717, 1.165) is 12.1 Å². The Labute approximate surface area is 181 Å². The number of methoxy groups -OCH3 is 1. The van der Waals surface area contributed by atoms with Gasteiger partial charge in [0.05, 0.1) is 17.0 Å². The maximum atomic E-state index is 12.4. The van der Waals surface area contributed by atoms with Crippen LogP contribution in [0, 0.1) is 20.2 Å². The quantitative estimate of drug-likeness (QED) is 0.338. The van der Waals surface area contributed by atoms with Gasteiger partial charge in [-0.3, -0.25) is 30.3 Å². The number of hydrogen-bond acceptors (Lipinski definition) is 8. The molecule has 2 aromatic rings. The summed E-state index contributed by atoms with van der Waals surface area (Å²) in [5.41, 5.74) is -2.49. The number of hydrogen-bond donors (Lipinski definition) is 2. The van der Waals surface area contributed by atoms with Crippen LogP contribution in [0.5, 0.6) is 17.2 Å². The van der Waals surface area contributed by atoms with E-state index >= 15 is 0 Å². The van der Waals surface area contributed by atoms with Crippen molar-refractivity contribution in [3.05, 3.63) is 62.2 Å². The first-order valence-corrected chi connectivity index (χ1v) is 9.60. The molecule has 1 aliphatic heterocycles. The Hall–Kier alpha value is -4.22. The number of benzene rings is 2. The summed E-state index contributed by atoms with van der Waals surface area (Å²) < 4.78 is 10.5. The third-order valence-corrected chi connectivity index (χ3v) is 4.98. The monoisotopic (exact) mass is 444 g/mol. The van der Waals surface area contributed by atoms with Gasteiger partial charge in [0, 0.05) is 18.6 Å². The number of amides is 3. The molecule has 0 aromatic heterocycles. The van der Waals surface area contributed by atoms with Crippen LogP contribution in [0.4, 0.5) is 16.2 Å². The molecule has 0 aliphatic carbocycles. The summed E-state index contributed by atoms with van der Waals surface area (Å²) in [4.78, 5) is 46.0. The fraction of sp³-hybridized carbons (Fsp3) is 0.300. The van der Waals surface area contributed by atoms with E-state index in [1.54, 1.807) is 6.92 Å². The van der Waals surface area contributed by atoms with Crippen molar-refractivity contribution in [2.24, 2.45) is 0 Å². The van der Waals surface area contributed by atoms with Crippen molar-refractivity contribution in [1.29, 1.82) is 0 Å². The van der Waals surface area contributed by atoms with Crippen LogP contribution in [0.1, 0.15) is 25.3 Å². The summed E-state index contributed by atoms with van der Waals surface area (Å²) in [5, 5.41) is 28.2. The Bertz CT molecular complexity index is 1050. The van der Waals surface area contributed by atoms with Gasteiger partial charge in [-0.1, -0.05) is 13.3 Å². The van der Waals surface area contributed by atoms with Gasteiger partial charge in [0.1, 0.15) is 17.0 Å². The maximum Gasteiger partial charge on any atom is 0.322 e. The third kappa shape index (κ3) is 4.43. The number of rotatable bonds is 9. The van der Waals surface area contributed by atoms with Crippen LogP contribution in [-0.4, -0.2) is 34.4 Å². The van der Waals surface area contributed by atoms with Crippen molar-refractivity contribution in [3.8, 4) is 17.2 Å². The minimum atomic E-state index is -1.36. The Morgan fingerprint density at radius 1 is 1.00 bits per heavy atom. The topological polar surface area (TPSA) is 163 Å². The lowest BCUT2D eigenvalue weighted by molar-refractivity contribution is -0.395. The van der Waals surface area contributed by atoms with Crippen LogP contribution >= 0.6 is 0 Å². The molecule has 1 heterocycles. The Morgan fingerprint density at radius 2 is 1.56 bits per heavy atom. The first-order valence-electron chi connectivity index (χ1n) is 9.60. The number of urea groups is 1. The van der Waals surface area contributed by atoms with E-state index in [1.165, 1.54) is 31.4 Å². The average Bonchev–Trinajstić information content (AvgIpc) is 3.01. The van der Waals surface area contributed by atoms with E-state index in [1.807, 2.05) is 0 Å². The van der Waals surface area contributed by atoms with E-state index in [9.17, 15) is 29.8 Å². The fourth-order valence-corrected chi connectivity index (χ4v) is 3.59. The molecular weight excluding hydrogens is 424 g/mol. The molecule has 12 nitrogen and oxygen atoms in total. The fourth-order valence-electron chi connectivity index (χ4n) is 3.59. The minimum Gasteiger partial charge on any atom is -0.497 e. The van der Waals surface area contributed by atoms with Gasteiger partial charge in [0.25, 0.3) is 11.7 Å². The lowest BCUT2D eigenvalue weighted by atomic mass is 9.86. The van der Waals surface area contributed by atoms with Crippen LogP contribution in [-0.2, 0) is 11.2 Å². The molecule has 0 saturated carbocycles. The number of carbonyl (C=O) groups excluding carboxylic acids is 2. The van der Waals surface area contributed by atoms with Gasteiger partial charge < -0.3 is 14.8 Å². The number of nitrogens with one attached hydrogen (secondary N) is 2. The van der Waals surface area contributed by atoms with E-state index in [4.69, 9.17) is 9.47 Å². The summed E-state index contributed by atoms with van der Waals surface area (Å²) in [6.07, 6.45) is 0.607. The van der Waals surface area contributed by atoms with Crippen LogP contribution in [0.3, 0.4) is 0 Å². The van der Waals surface area contributed by atoms with E-state index in [2.05, 4.69) is 10.6 Å². The van der Waals surface area contributed by atoms with Gasteiger partial charge in [0.15, 0.2) is 0 Å². The van der Waals surface area contributed by atoms with Crippen LogP contribution in [0.2, 0.25) is 0 Å². The number of nitro groups is 2. The van der Waals surface area contributed by atoms with Crippen molar-refractivity contribution in [2.75, 3.05) is 7.11 Å². The van der Waals surface area contributed by atoms with Gasteiger partial charge in [-0.05, 0) is 36.2 Å². The second kappa shape index (κ2) is 8.88. The van der Waals surface area contributed by atoms with Gasteiger partial charge in [-0.15, -0.1) is 0 Å². The van der Waals surface area contributed by atoms with Crippen LogP contribution in [0.15, 0.2) is 36.4 Å². The highest BCUT2D eigenvalue weighted by atomic mass is 16.6. The van der Waals surface area contributed by atoms with Gasteiger partial charge in [0.2, 0.25) is 0 Å². The third-order valence-electron chi connectivity index (χ3n) is 4.98. The number of nitro benzene ring substituents is 2. The number of nitrogens with zero attached hydrogens (tertiary/aromatic N) is 2. The standard InChI is InChI=1S/C20H20N4O8/c1-3-8-20(18(25)21-19(26)22-20)11-12-9-15(23(27)28)17(16(10-12)24(29)30)32-14-6-4-13(31-2)5-7-14/h4-7,9-10H,3,8,11H2,1-2H3,(H2,21,22,25,26). The average molecular weight is 444 g/mol. The largest absolute Gasteiger partial charge is 0.497 e. The summed E-state index contributed by atoms with van der Waals surface area (Å²) in [5.74, 6) is -0.490. The second-order valence-corrected chi connectivity index (χ2v) is 7.17. The predicted molar refractivity (Wildman–Crippen MR) is 111 cm³/mol. The van der Waals surface area contributed by atoms with E-state index < -0.39 is 44.4 Å². The molecule has 2 aromatic carbocycles. The zero-order valence-corrected chi connectivity index (χ0v) is 17.2. The highest BCUT2D eigenvalue weighted by Crippen LogP contribution is 2.42. The number of imide groups is 1. The van der Waals surface area contributed by atoms with Crippen LogP contribution in [0.25, 0.3) is 0 Å².